The van der Waals surface area contributed by atoms with Crippen molar-refractivity contribution in [3.05, 3.63) is 254 Å². The summed E-state index contributed by atoms with van der Waals surface area (Å²) in [5.41, 5.74) is 18.7. The van der Waals surface area contributed by atoms with E-state index in [-0.39, 0.29) is 5.97 Å². The maximum atomic E-state index is 11.8. The Balaban J connectivity index is 0.858. The molecule has 0 fully saturated rings. The van der Waals surface area contributed by atoms with E-state index in [1.165, 1.54) is 12.7 Å². The van der Waals surface area contributed by atoms with Gasteiger partial charge in [0.15, 0.2) is 0 Å². The molecule has 0 N–H and O–H groups in total. The lowest BCUT2D eigenvalue weighted by molar-refractivity contribution is -0.140. The number of esters is 1. The third kappa shape index (κ3) is 11.5. The van der Waals surface area contributed by atoms with Crippen molar-refractivity contribution in [2.75, 3.05) is 23.5 Å². The van der Waals surface area contributed by atoms with Crippen molar-refractivity contribution in [1.29, 1.82) is 0 Å². The van der Waals surface area contributed by atoms with Crippen LogP contribution in [0.3, 0.4) is 0 Å². The van der Waals surface area contributed by atoms with E-state index in [9.17, 15) is 9.59 Å². The Labute approximate surface area is 432 Å². The molecule has 0 saturated heterocycles. The molecule has 0 unspecified atom stereocenters. The van der Waals surface area contributed by atoms with Gasteiger partial charge in [-0.15, -0.1) is 0 Å². The molecule has 74 heavy (non-hydrogen) atoms. The number of aromatic nitrogens is 2. The van der Waals surface area contributed by atoms with Gasteiger partial charge < -0.3 is 19.3 Å². The second-order valence-corrected chi connectivity index (χ2v) is 17.9. The van der Waals surface area contributed by atoms with E-state index in [0.717, 1.165) is 108 Å². The van der Waals surface area contributed by atoms with Crippen LogP contribution in [-0.4, -0.2) is 36.1 Å². The van der Waals surface area contributed by atoms with Gasteiger partial charge in [-0.1, -0.05) is 146 Å². The molecule has 0 bridgehead atoms. The summed E-state index contributed by atoms with van der Waals surface area (Å²) in [5, 5.41) is 0. The molecule has 362 valence electrons. The molecule has 10 aromatic rings. The van der Waals surface area contributed by atoms with Gasteiger partial charge in [0, 0.05) is 64.1 Å². The maximum absolute atomic E-state index is 11.8. The lowest BCUT2D eigenvalue weighted by Gasteiger charge is -2.26. The number of methoxy groups -OCH3 is 1. The van der Waals surface area contributed by atoms with E-state index in [2.05, 4.69) is 216 Å². The van der Waals surface area contributed by atoms with Crippen molar-refractivity contribution in [2.24, 2.45) is 0 Å². The predicted molar refractivity (Wildman–Crippen MR) is 299 cm³/mol. The fraction of sp³-hybridized carbons (Fsp3) is 0.0909. The minimum absolute atomic E-state index is 0.217. The molecule has 0 amide bonds. The van der Waals surface area contributed by atoms with Crippen LogP contribution in [0.25, 0.3) is 55.9 Å². The second-order valence-electron chi connectivity index (χ2n) is 17.9. The van der Waals surface area contributed by atoms with Gasteiger partial charge in [0.05, 0.1) is 25.1 Å². The summed E-state index contributed by atoms with van der Waals surface area (Å²) in [5.74, 6) is -0.217. The Morgan fingerprint density at radius 3 is 1.22 bits per heavy atom. The van der Waals surface area contributed by atoms with Gasteiger partial charge >= 0.3 is 5.97 Å². The number of pyridine rings is 2. The number of anilines is 6. The summed E-state index contributed by atoms with van der Waals surface area (Å²) >= 11 is 0. The van der Waals surface area contributed by atoms with Crippen LogP contribution in [0, 0.1) is 0 Å². The van der Waals surface area contributed by atoms with Crippen molar-refractivity contribution in [2.45, 2.75) is 25.7 Å². The van der Waals surface area contributed by atoms with Crippen LogP contribution in [0.1, 0.15) is 24.0 Å². The van der Waals surface area contributed by atoms with Crippen LogP contribution in [0.15, 0.2) is 243 Å². The number of carbonyl (C=O) groups is 2. The Bertz CT molecular complexity index is 3420. The molecule has 8 aromatic carbocycles. The number of nitrogens with zero attached hydrogens (tertiary/aromatic N) is 4. The average Bonchev–Trinajstić information content (AvgIpc) is 3.47. The Morgan fingerprint density at radius 2 is 0.811 bits per heavy atom. The van der Waals surface area contributed by atoms with Gasteiger partial charge in [0.1, 0.15) is 0 Å². The topological polar surface area (TPSA) is 84.9 Å². The summed E-state index contributed by atoms with van der Waals surface area (Å²) in [7, 11) is 1.42. The van der Waals surface area contributed by atoms with Crippen LogP contribution >= 0.6 is 0 Å². The van der Waals surface area contributed by atoms with Crippen LogP contribution in [0.5, 0.6) is 0 Å². The lowest BCUT2D eigenvalue weighted by Crippen LogP contribution is -2.10. The van der Waals surface area contributed by atoms with Crippen molar-refractivity contribution >= 4 is 46.6 Å². The van der Waals surface area contributed by atoms with E-state index in [4.69, 9.17) is 19.4 Å². The molecule has 0 aliphatic heterocycles. The zero-order valence-electron chi connectivity index (χ0n) is 41.1. The van der Waals surface area contributed by atoms with Crippen molar-refractivity contribution in [1.82, 2.24) is 9.97 Å². The zero-order valence-corrected chi connectivity index (χ0v) is 41.1. The van der Waals surface area contributed by atoms with Crippen molar-refractivity contribution in [3.8, 4) is 55.9 Å². The summed E-state index contributed by atoms with van der Waals surface area (Å²) in [6, 6.07) is 80.5. The molecule has 0 aliphatic carbocycles. The molecule has 10 rings (SSSR count). The van der Waals surface area contributed by atoms with E-state index in [1.54, 1.807) is 0 Å². The number of aryl methyl sites for hydroxylation is 2. The summed E-state index contributed by atoms with van der Waals surface area (Å²) in [6.07, 6.45) is 6.36. The third-order valence-corrected chi connectivity index (χ3v) is 13.2. The average molecular weight is 967 g/mol. The third-order valence-electron chi connectivity index (χ3n) is 13.2. The zero-order chi connectivity index (χ0) is 50.5. The molecule has 8 nitrogen and oxygen atoms in total. The molecule has 8 heteroatoms. The van der Waals surface area contributed by atoms with Gasteiger partial charge in [-0.3, -0.25) is 19.6 Å². The van der Waals surface area contributed by atoms with Gasteiger partial charge in [0.25, 0.3) is 6.47 Å². The Hall–Kier alpha value is -9.40. The maximum Gasteiger partial charge on any atom is 0.305 e. The monoisotopic (exact) mass is 966 g/mol. The van der Waals surface area contributed by atoms with Crippen LogP contribution in [0.2, 0.25) is 0 Å². The molecule has 0 atom stereocenters. The highest BCUT2D eigenvalue weighted by molar-refractivity contribution is 5.83. The number of hydrogen-bond acceptors (Lipinski definition) is 8. The first-order chi connectivity index (χ1) is 36.5. The largest absolute Gasteiger partial charge is 0.469 e. The molecular formula is C66H54N4O4. The number of rotatable bonds is 19. The molecule has 2 aromatic heterocycles. The van der Waals surface area contributed by atoms with Gasteiger partial charge in [-0.2, -0.15) is 0 Å². The highest BCUT2D eigenvalue weighted by Crippen LogP contribution is 2.40. The van der Waals surface area contributed by atoms with Crippen LogP contribution in [0.4, 0.5) is 34.1 Å². The van der Waals surface area contributed by atoms with E-state index in [1.807, 2.05) is 36.7 Å². The van der Waals surface area contributed by atoms with Crippen LogP contribution in [-0.2, 0) is 31.9 Å². The number of ether oxygens (including phenoxy) is 2. The van der Waals surface area contributed by atoms with E-state index < -0.39 is 0 Å². The molecule has 0 aliphatic rings. The highest BCUT2D eigenvalue weighted by atomic mass is 16.5. The molecule has 0 spiro atoms. The lowest BCUT2D eigenvalue weighted by atomic mass is 10.0. The smallest absolute Gasteiger partial charge is 0.305 e. The quantitative estimate of drug-likeness (QED) is 0.0450. The number of benzene rings is 8. The first kappa shape index (κ1) is 48.2. The minimum atomic E-state index is -0.217. The summed E-state index contributed by atoms with van der Waals surface area (Å²) in [6.45, 7) is 0.910. The fourth-order valence-electron chi connectivity index (χ4n) is 9.22. The molecule has 2 heterocycles. The standard InChI is InChI=1S/C66H54N4O4/c1-73-66(72)41-24-49-22-33-59(34-23-49)70(63-19-9-17-55(44-63)51-14-6-3-7-15-51)61-37-27-53(28-38-61)57-30-40-65(68-46-57)64-39-29-56(45-67-64)52-25-35-60(36-26-52)69(58-31-20-48(21-32-58)11-10-42-74-47-71)62-18-8-16-54(43-62)50-12-4-2-5-13-50/h2-9,12-23,25-40,43-47H,10-11,24,41-42H2,1H3. The second kappa shape index (κ2) is 23.2. The van der Waals surface area contributed by atoms with Gasteiger partial charge in [-0.25, -0.2) is 0 Å². The van der Waals surface area contributed by atoms with Crippen molar-refractivity contribution in [3.63, 3.8) is 0 Å². The highest BCUT2D eigenvalue weighted by Gasteiger charge is 2.17. The summed E-state index contributed by atoms with van der Waals surface area (Å²) < 4.78 is 9.78. The Morgan fingerprint density at radius 1 is 0.419 bits per heavy atom. The Kier molecular flexibility index (Phi) is 15.1. The van der Waals surface area contributed by atoms with Gasteiger partial charge in [-0.05, 0) is 149 Å². The fourth-order valence-corrected chi connectivity index (χ4v) is 9.22. The number of hydrogen-bond donors (Lipinski definition) is 0. The normalized spacial score (nSPS) is 10.9. The van der Waals surface area contributed by atoms with Gasteiger partial charge in [0.2, 0.25) is 0 Å². The molecule has 0 radical (unpaired) electrons. The first-order valence-electron chi connectivity index (χ1n) is 24.8. The molecule has 0 saturated carbocycles. The minimum Gasteiger partial charge on any atom is -0.469 e. The molecular weight excluding hydrogens is 913 g/mol. The van der Waals surface area contributed by atoms with Crippen molar-refractivity contribution < 1.29 is 19.1 Å². The summed E-state index contributed by atoms with van der Waals surface area (Å²) in [4.78, 5) is 36.8. The van der Waals surface area contributed by atoms with Crippen LogP contribution < -0.4 is 9.80 Å². The van der Waals surface area contributed by atoms with E-state index in [0.29, 0.717) is 25.9 Å². The first-order valence-corrected chi connectivity index (χ1v) is 24.8. The predicted octanol–water partition coefficient (Wildman–Crippen LogP) is 16.0. The van der Waals surface area contributed by atoms with E-state index >= 15 is 0 Å². The number of carbonyl (C=O) groups excluding carboxylic acids is 2. The SMILES string of the molecule is COC(=O)CCc1ccc(N(c2ccc(-c3ccc(-c4ccc(-c5ccc(N(c6ccc(CCCOC=O)cc6)c6cccc(-c7ccccc7)c6)cc5)cn4)nc3)cc2)c2cccc(-c3ccccc3)c2)cc1.